The fourth-order valence-corrected chi connectivity index (χ4v) is 0.982. The van der Waals surface area contributed by atoms with E-state index in [2.05, 4.69) is 9.99 Å². The maximum absolute atomic E-state index is 12.1. The molecule has 0 radical (unpaired) electrons. The second-order valence-electron chi connectivity index (χ2n) is 2.62. The van der Waals surface area contributed by atoms with Crippen molar-refractivity contribution in [2.45, 2.75) is 13.1 Å². The summed E-state index contributed by atoms with van der Waals surface area (Å²) in [6.07, 6.45) is 2.38. The van der Waals surface area contributed by atoms with Crippen LogP contribution in [0.5, 0.6) is 0 Å². The third-order valence-electron chi connectivity index (χ3n) is 1.68. The van der Waals surface area contributed by atoms with E-state index in [1.165, 1.54) is 7.11 Å². The molecule has 0 aliphatic heterocycles. The van der Waals surface area contributed by atoms with E-state index in [-0.39, 0.29) is 0 Å². The molecule has 3 heteroatoms. The van der Waals surface area contributed by atoms with Crippen LogP contribution in [0, 0.1) is 0 Å². The van der Waals surface area contributed by atoms with Crippen LogP contribution < -0.4 is 0 Å². The van der Waals surface area contributed by atoms with Crippen LogP contribution in [0.25, 0.3) is 0 Å². The third kappa shape index (κ3) is 3.23. The fraction of sp³-hybridized carbons (Fsp3) is 0.300. The van der Waals surface area contributed by atoms with Crippen LogP contribution in [0.3, 0.4) is 0 Å². The molecule has 2 nitrogen and oxygen atoms in total. The van der Waals surface area contributed by atoms with Gasteiger partial charge in [-0.3, -0.25) is 0 Å². The zero-order valence-electron chi connectivity index (χ0n) is 7.53. The fourth-order valence-electron chi connectivity index (χ4n) is 0.982. The first kappa shape index (κ1) is 9.71. The Balaban J connectivity index is 2.54. The molecule has 70 valence electrons. The lowest BCUT2D eigenvalue weighted by Crippen LogP contribution is -1.87. The van der Waals surface area contributed by atoms with E-state index in [0.717, 1.165) is 5.56 Å². The molecule has 1 aromatic rings. The summed E-state index contributed by atoms with van der Waals surface area (Å²) in [5, 5.41) is 3.61. The molecule has 13 heavy (non-hydrogen) atoms. The number of hydrogen-bond donors (Lipinski definition) is 0. The number of halogens is 1. The van der Waals surface area contributed by atoms with E-state index >= 15 is 0 Å². The summed E-state index contributed by atoms with van der Waals surface area (Å²) in [6.45, 7) is -0.410. The Bertz CT molecular complexity index is 269. The molecule has 0 aromatic heterocycles. The van der Waals surface area contributed by atoms with Crippen molar-refractivity contribution in [3.05, 3.63) is 35.4 Å². The Morgan fingerprint density at radius 1 is 1.31 bits per heavy atom. The lowest BCUT2D eigenvalue weighted by atomic mass is 10.1. The number of alkyl halides is 1. The van der Waals surface area contributed by atoms with Crippen LogP contribution in [-0.4, -0.2) is 13.3 Å². The third-order valence-corrected chi connectivity index (χ3v) is 1.68. The highest BCUT2D eigenvalue weighted by atomic mass is 18.2. The number of hydrogen-bond acceptors (Lipinski definition) is 2. The van der Waals surface area contributed by atoms with E-state index < -0.39 is 6.67 Å². The van der Waals surface area contributed by atoms with E-state index in [4.69, 9.17) is 0 Å². The molecule has 0 spiro atoms. The Labute approximate surface area is 77.0 Å². The number of benzene rings is 1. The molecular weight excluding hydrogens is 168 g/mol. The molecule has 0 saturated heterocycles. The smallest absolute Gasteiger partial charge is 0.115 e. The Morgan fingerprint density at radius 2 is 1.92 bits per heavy atom. The Hall–Kier alpha value is -1.38. The monoisotopic (exact) mass is 180 g/mol. The highest BCUT2D eigenvalue weighted by molar-refractivity contribution is 5.60. The molecule has 0 fully saturated rings. The van der Waals surface area contributed by atoms with Crippen LogP contribution in [0.1, 0.15) is 11.1 Å². The number of nitrogens with zero attached hydrogens (tertiary/aromatic N) is 1. The van der Waals surface area contributed by atoms with Gasteiger partial charge in [-0.05, 0) is 11.1 Å². The van der Waals surface area contributed by atoms with Gasteiger partial charge in [-0.2, -0.15) is 0 Å². The zero-order valence-corrected chi connectivity index (χ0v) is 7.53. The predicted octanol–water partition coefficient (Wildman–Crippen LogP) is 2.33. The van der Waals surface area contributed by atoms with Crippen LogP contribution in [0.15, 0.2) is 29.4 Å². The van der Waals surface area contributed by atoms with Crippen molar-refractivity contribution in [3.63, 3.8) is 0 Å². The quantitative estimate of drug-likeness (QED) is 0.514. The van der Waals surface area contributed by atoms with Crippen molar-refractivity contribution in [3.8, 4) is 0 Å². The highest BCUT2D eigenvalue weighted by Crippen LogP contribution is 2.05. The van der Waals surface area contributed by atoms with Crippen molar-refractivity contribution in [2.75, 3.05) is 7.11 Å². The minimum Gasteiger partial charge on any atom is -0.399 e. The molecule has 0 saturated carbocycles. The summed E-state index contributed by atoms with van der Waals surface area (Å²) >= 11 is 0. The molecule has 0 atom stereocenters. The summed E-state index contributed by atoms with van der Waals surface area (Å²) in [6, 6.07) is 7.32. The highest BCUT2D eigenvalue weighted by Gasteiger charge is 1.92. The van der Waals surface area contributed by atoms with Gasteiger partial charge in [0, 0.05) is 12.6 Å². The van der Waals surface area contributed by atoms with Crippen molar-refractivity contribution in [1.82, 2.24) is 0 Å². The molecule has 1 rings (SSSR count). The van der Waals surface area contributed by atoms with Crippen LogP contribution in [-0.2, 0) is 17.9 Å². The minimum atomic E-state index is -0.410. The van der Waals surface area contributed by atoms with Gasteiger partial charge in [0.15, 0.2) is 0 Å². The average molecular weight is 180 g/mol. The first-order chi connectivity index (χ1) is 6.36. The van der Waals surface area contributed by atoms with Crippen LogP contribution in [0.4, 0.5) is 4.39 Å². The van der Waals surface area contributed by atoms with Crippen molar-refractivity contribution in [1.29, 1.82) is 0 Å². The SMILES string of the molecule is CON=CCc1ccc(C[18F])cc1. The van der Waals surface area contributed by atoms with Crippen molar-refractivity contribution in [2.24, 2.45) is 5.16 Å². The molecule has 0 aliphatic rings. The largest absolute Gasteiger partial charge is 0.399 e. The molecular formula is C10H12FNO. The summed E-state index contributed by atoms with van der Waals surface area (Å²) < 4.78 is 12.1. The van der Waals surface area contributed by atoms with E-state index in [0.29, 0.717) is 12.0 Å². The second-order valence-corrected chi connectivity index (χ2v) is 2.62. The van der Waals surface area contributed by atoms with E-state index in [9.17, 15) is 4.39 Å². The standard InChI is InChI=1S/C10H12FNO/c1-13-12-7-6-9-2-4-10(8-11)5-3-9/h2-5,7H,6,8H2,1H3/i11-1. The molecule has 0 heterocycles. The normalized spacial score (nSPS) is 10.6. The zero-order chi connectivity index (χ0) is 9.52. The molecule has 0 N–H and O–H groups in total. The van der Waals surface area contributed by atoms with Crippen molar-refractivity contribution < 1.29 is 9.23 Å². The summed E-state index contributed by atoms with van der Waals surface area (Å²) in [5.41, 5.74) is 1.80. The average Bonchev–Trinajstić information content (AvgIpc) is 2.19. The van der Waals surface area contributed by atoms with Gasteiger partial charge in [0.25, 0.3) is 0 Å². The van der Waals surface area contributed by atoms with Gasteiger partial charge in [0.05, 0.1) is 0 Å². The predicted molar refractivity (Wildman–Crippen MR) is 50.5 cm³/mol. The lowest BCUT2D eigenvalue weighted by Gasteiger charge is -1.97. The number of rotatable bonds is 4. The van der Waals surface area contributed by atoms with Gasteiger partial charge in [-0.15, -0.1) is 0 Å². The first-order valence-corrected chi connectivity index (χ1v) is 4.05. The molecule has 0 aliphatic carbocycles. The second kappa shape index (κ2) is 5.30. The number of oxime groups is 1. The van der Waals surface area contributed by atoms with Crippen molar-refractivity contribution >= 4 is 6.21 Å². The maximum Gasteiger partial charge on any atom is 0.115 e. The molecule has 0 unspecified atom stereocenters. The topological polar surface area (TPSA) is 21.6 Å². The summed E-state index contributed by atoms with van der Waals surface area (Å²) in [5.74, 6) is 0. The van der Waals surface area contributed by atoms with Crippen LogP contribution >= 0.6 is 0 Å². The van der Waals surface area contributed by atoms with Gasteiger partial charge < -0.3 is 4.84 Å². The summed E-state index contributed by atoms with van der Waals surface area (Å²) in [4.78, 5) is 4.52. The maximum atomic E-state index is 12.1. The Morgan fingerprint density at radius 3 is 2.46 bits per heavy atom. The molecule has 0 bridgehead atoms. The lowest BCUT2D eigenvalue weighted by molar-refractivity contribution is 0.215. The van der Waals surface area contributed by atoms with Gasteiger partial charge >= 0.3 is 0 Å². The Kier molecular flexibility index (Phi) is 3.96. The minimum absolute atomic E-state index is 0.410. The first-order valence-electron chi connectivity index (χ1n) is 4.05. The summed E-state index contributed by atoms with van der Waals surface area (Å²) in [7, 11) is 1.50. The molecule has 1 aromatic carbocycles. The van der Waals surface area contributed by atoms with Gasteiger partial charge in [0.2, 0.25) is 0 Å². The molecule has 0 amide bonds. The van der Waals surface area contributed by atoms with Gasteiger partial charge in [-0.1, -0.05) is 29.4 Å². The van der Waals surface area contributed by atoms with E-state index in [1.807, 2.05) is 12.1 Å². The van der Waals surface area contributed by atoms with E-state index in [1.54, 1.807) is 18.3 Å². The van der Waals surface area contributed by atoms with Gasteiger partial charge in [-0.25, -0.2) is 4.39 Å². The van der Waals surface area contributed by atoms with Gasteiger partial charge in [0.1, 0.15) is 13.8 Å². The van der Waals surface area contributed by atoms with Crippen LogP contribution in [0.2, 0.25) is 0 Å².